The molecule has 5 rings (SSSR count). The minimum Gasteiger partial charge on any atom is -0.384 e. The summed E-state index contributed by atoms with van der Waals surface area (Å²) in [4.78, 5) is 30.8. The highest BCUT2D eigenvalue weighted by molar-refractivity contribution is 5.81. The number of rotatable bonds is 5. The number of carbonyl (C=O) groups is 1. The third kappa shape index (κ3) is 3.60. The number of nitrogens with one attached hydrogen (secondary N) is 1. The second kappa shape index (κ2) is 7.44. The van der Waals surface area contributed by atoms with E-state index in [9.17, 15) is 9.59 Å². The van der Waals surface area contributed by atoms with Gasteiger partial charge in [0.15, 0.2) is 0 Å². The number of aromatic amines is 1. The molecule has 1 aliphatic heterocycles. The molecule has 1 aromatic carbocycles. The van der Waals surface area contributed by atoms with E-state index in [1.165, 1.54) is 0 Å². The molecule has 0 radical (unpaired) electrons. The van der Waals surface area contributed by atoms with Crippen molar-refractivity contribution in [3.05, 3.63) is 58.9 Å². The maximum atomic E-state index is 12.4. The Kier molecular flexibility index (Phi) is 4.61. The van der Waals surface area contributed by atoms with Gasteiger partial charge in [0.2, 0.25) is 5.91 Å². The number of likely N-dealkylation sites (tertiary alicyclic amines) is 1. The van der Waals surface area contributed by atoms with E-state index in [-0.39, 0.29) is 11.6 Å². The molecule has 1 aliphatic carbocycles. The van der Waals surface area contributed by atoms with Crippen molar-refractivity contribution in [2.45, 2.75) is 25.7 Å². The summed E-state index contributed by atoms with van der Waals surface area (Å²) >= 11 is 0. The van der Waals surface area contributed by atoms with Gasteiger partial charge in [-0.3, -0.25) is 4.79 Å². The predicted molar refractivity (Wildman–Crippen MR) is 113 cm³/mol. The zero-order valence-corrected chi connectivity index (χ0v) is 16.6. The van der Waals surface area contributed by atoms with Gasteiger partial charge in [-0.25, -0.2) is 19.4 Å². The average molecular weight is 404 g/mol. The number of aromatic nitrogens is 4. The summed E-state index contributed by atoms with van der Waals surface area (Å²) in [6.45, 7) is 1.55. The van der Waals surface area contributed by atoms with Gasteiger partial charge in [-0.1, -0.05) is 12.1 Å². The maximum Gasteiger partial charge on any atom is 0.347 e. The summed E-state index contributed by atoms with van der Waals surface area (Å²) < 4.78 is 1.62. The molecule has 8 nitrogen and oxygen atoms in total. The molecule has 1 saturated carbocycles. The van der Waals surface area contributed by atoms with Crippen LogP contribution in [0.2, 0.25) is 0 Å². The van der Waals surface area contributed by atoms with Crippen molar-refractivity contribution >= 4 is 11.7 Å². The van der Waals surface area contributed by atoms with Crippen LogP contribution in [0.5, 0.6) is 0 Å². The van der Waals surface area contributed by atoms with E-state index in [1.54, 1.807) is 16.8 Å². The first-order valence-electron chi connectivity index (χ1n) is 10.4. The van der Waals surface area contributed by atoms with Crippen molar-refractivity contribution in [1.82, 2.24) is 24.6 Å². The molecule has 2 aromatic heterocycles. The van der Waals surface area contributed by atoms with E-state index in [4.69, 9.17) is 5.73 Å². The van der Waals surface area contributed by atoms with Crippen LogP contribution in [0.15, 0.2) is 47.4 Å². The second-order valence-corrected chi connectivity index (χ2v) is 8.22. The topological polar surface area (TPSA) is 110 Å². The molecule has 2 aliphatic rings. The predicted octanol–water partition coefficient (Wildman–Crippen LogP) is 2.01. The fourth-order valence-electron chi connectivity index (χ4n) is 4.16. The third-order valence-corrected chi connectivity index (χ3v) is 5.98. The molecule has 3 heterocycles. The molecule has 3 aromatic rings. The normalized spacial score (nSPS) is 18.7. The number of nitrogens with two attached hydrogens (primary N) is 1. The molecule has 0 unspecified atom stereocenters. The lowest BCUT2D eigenvalue weighted by atomic mass is 10.0. The Labute approximate surface area is 173 Å². The van der Waals surface area contributed by atoms with Gasteiger partial charge < -0.3 is 10.6 Å². The molecule has 30 heavy (non-hydrogen) atoms. The van der Waals surface area contributed by atoms with E-state index >= 15 is 0 Å². The fraction of sp³-hybridized carbons (Fsp3) is 0.364. The Morgan fingerprint density at radius 3 is 2.57 bits per heavy atom. The number of benzene rings is 1. The number of anilines is 1. The second-order valence-electron chi connectivity index (χ2n) is 8.22. The van der Waals surface area contributed by atoms with Crippen molar-refractivity contribution in [3.63, 3.8) is 0 Å². The van der Waals surface area contributed by atoms with Crippen molar-refractivity contribution in [3.8, 4) is 16.8 Å². The Morgan fingerprint density at radius 2 is 1.87 bits per heavy atom. The van der Waals surface area contributed by atoms with Gasteiger partial charge in [-0.15, -0.1) is 0 Å². The summed E-state index contributed by atoms with van der Waals surface area (Å²) in [7, 11) is 0. The number of H-pyrrole nitrogens is 1. The Bertz CT molecular complexity index is 1110. The maximum absolute atomic E-state index is 12.4. The summed E-state index contributed by atoms with van der Waals surface area (Å²) in [5.41, 5.74) is 8.12. The van der Waals surface area contributed by atoms with Gasteiger partial charge >= 0.3 is 5.69 Å². The van der Waals surface area contributed by atoms with Crippen LogP contribution in [-0.4, -0.2) is 43.6 Å². The van der Waals surface area contributed by atoms with Gasteiger partial charge in [-0.2, -0.15) is 5.10 Å². The van der Waals surface area contributed by atoms with Crippen LogP contribution in [0, 0.1) is 11.8 Å². The van der Waals surface area contributed by atoms with Crippen LogP contribution >= 0.6 is 0 Å². The SMILES string of the molecule is Nc1ccc(-c2ccc(-n3c(C[C@@H]4CCN(C(=O)C5CC5)C4)n[nH]c3=O)cc2)cn1. The van der Waals surface area contributed by atoms with E-state index in [2.05, 4.69) is 15.2 Å². The first-order chi connectivity index (χ1) is 14.6. The summed E-state index contributed by atoms with van der Waals surface area (Å²) in [6.07, 6.45) is 5.40. The van der Waals surface area contributed by atoms with Crippen LogP contribution in [0.4, 0.5) is 5.82 Å². The highest BCUT2D eigenvalue weighted by atomic mass is 16.2. The third-order valence-electron chi connectivity index (χ3n) is 5.98. The monoisotopic (exact) mass is 404 g/mol. The van der Waals surface area contributed by atoms with E-state index in [0.29, 0.717) is 29.9 Å². The number of nitrogen functional groups attached to an aromatic ring is 1. The largest absolute Gasteiger partial charge is 0.384 e. The summed E-state index contributed by atoms with van der Waals surface area (Å²) in [5, 5.41) is 6.84. The zero-order valence-electron chi connectivity index (χ0n) is 16.6. The van der Waals surface area contributed by atoms with Crippen LogP contribution in [-0.2, 0) is 11.2 Å². The van der Waals surface area contributed by atoms with Gasteiger partial charge in [0, 0.05) is 37.2 Å². The average Bonchev–Trinajstić information content (AvgIpc) is 3.41. The number of pyridine rings is 1. The first kappa shape index (κ1) is 18.6. The minimum absolute atomic E-state index is 0.252. The van der Waals surface area contributed by atoms with Crippen molar-refractivity contribution < 1.29 is 4.79 Å². The van der Waals surface area contributed by atoms with Gasteiger partial charge in [-0.05, 0) is 55.0 Å². The smallest absolute Gasteiger partial charge is 0.347 e. The van der Waals surface area contributed by atoms with Crippen LogP contribution in [0.25, 0.3) is 16.8 Å². The minimum atomic E-state index is -0.254. The standard InChI is InChI=1S/C22H24N6O2/c23-19-8-5-17(12-24-19)15-3-6-18(7-4-15)28-20(25-26-22(28)30)11-14-9-10-27(13-14)21(29)16-1-2-16/h3-8,12,14,16H,1-2,9-11,13H2,(H2,23,24)(H,26,30)/t14-/m0/s1. The van der Waals surface area contributed by atoms with Crippen LogP contribution in [0.1, 0.15) is 25.1 Å². The van der Waals surface area contributed by atoms with Crippen molar-refractivity contribution in [2.24, 2.45) is 11.8 Å². The highest BCUT2D eigenvalue weighted by Crippen LogP contribution is 2.33. The molecule has 154 valence electrons. The summed E-state index contributed by atoms with van der Waals surface area (Å²) in [6, 6.07) is 11.4. The van der Waals surface area contributed by atoms with Gasteiger partial charge in [0.25, 0.3) is 0 Å². The van der Waals surface area contributed by atoms with Gasteiger partial charge in [0.05, 0.1) is 5.69 Å². The number of hydrogen-bond donors (Lipinski definition) is 2. The first-order valence-corrected chi connectivity index (χ1v) is 10.4. The molecular weight excluding hydrogens is 380 g/mol. The van der Waals surface area contributed by atoms with Gasteiger partial charge in [0.1, 0.15) is 11.6 Å². The zero-order chi connectivity index (χ0) is 20.7. The summed E-state index contributed by atoms with van der Waals surface area (Å²) in [5.74, 6) is 2.05. The molecule has 0 bridgehead atoms. The lowest BCUT2D eigenvalue weighted by Crippen LogP contribution is -2.30. The number of nitrogens with zero attached hydrogens (tertiary/aromatic N) is 4. The Morgan fingerprint density at radius 1 is 1.10 bits per heavy atom. The Balaban J connectivity index is 1.33. The molecule has 8 heteroatoms. The molecule has 3 N–H and O–H groups in total. The molecule has 0 spiro atoms. The molecule has 2 fully saturated rings. The highest BCUT2D eigenvalue weighted by Gasteiger charge is 2.36. The number of amides is 1. The van der Waals surface area contributed by atoms with E-state index in [1.807, 2.05) is 35.2 Å². The lowest BCUT2D eigenvalue weighted by molar-refractivity contribution is -0.131. The van der Waals surface area contributed by atoms with E-state index in [0.717, 1.165) is 49.2 Å². The molecule has 1 saturated heterocycles. The van der Waals surface area contributed by atoms with Crippen molar-refractivity contribution in [2.75, 3.05) is 18.8 Å². The molecule has 1 amide bonds. The molecule has 1 atom stereocenters. The van der Waals surface area contributed by atoms with E-state index < -0.39 is 0 Å². The van der Waals surface area contributed by atoms with Crippen LogP contribution in [0.3, 0.4) is 0 Å². The lowest BCUT2D eigenvalue weighted by Gasteiger charge is -2.16. The van der Waals surface area contributed by atoms with Crippen molar-refractivity contribution in [1.29, 1.82) is 0 Å². The Hall–Kier alpha value is -3.42. The number of carbonyl (C=O) groups excluding carboxylic acids is 1. The fourth-order valence-corrected chi connectivity index (χ4v) is 4.16. The molecular formula is C22H24N6O2. The quantitative estimate of drug-likeness (QED) is 0.676. The van der Waals surface area contributed by atoms with Crippen LogP contribution < -0.4 is 11.4 Å². The number of hydrogen-bond acceptors (Lipinski definition) is 5.